The Labute approximate surface area is 158 Å². The summed E-state index contributed by atoms with van der Waals surface area (Å²) >= 11 is 12.1. The molecule has 9 heteroatoms. The summed E-state index contributed by atoms with van der Waals surface area (Å²) in [5, 5.41) is 11.3. The molecule has 0 unspecified atom stereocenters. The van der Waals surface area contributed by atoms with Crippen molar-refractivity contribution in [3.8, 4) is 0 Å². The lowest BCUT2D eigenvalue weighted by molar-refractivity contribution is -0.111. The van der Waals surface area contributed by atoms with Crippen molar-refractivity contribution in [3.63, 3.8) is 0 Å². The Morgan fingerprint density at radius 2 is 2.12 bits per heavy atom. The van der Waals surface area contributed by atoms with Crippen LogP contribution < -0.4 is 5.32 Å². The van der Waals surface area contributed by atoms with Crippen LogP contribution in [0.2, 0.25) is 10.0 Å². The van der Waals surface area contributed by atoms with Gasteiger partial charge >= 0.3 is 0 Å². The van der Waals surface area contributed by atoms with E-state index in [0.717, 1.165) is 5.56 Å². The van der Waals surface area contributed by atoms with Crippen molar-refractivity contribution >= 4 is 41.0 Å². The van der Waals surface area contributed by atoms with Gasteiger partial charge in [0.2, 0.25) is 5.91 Å². The lowest BCUT2D eigenvalue weighted by Gasteiger charge is -2.05. The highest BCUT2D eigenvalue weighted by atomic mass is 35.5. The van der Waals surface area contributed by atoms with Gasteiger partial charge in [-0.3, -0.25) is 14.2 Å². The first kappa shape index (κ1) is 18.2. The maximum Gasteiger partial charge on any atom is 0.249 e. The molecule has 2 heterocycles. The highest BCUT2D eigenvalue weighted by molar-refractivity contribution is 6.33. The highest BCUT2D eigenvalue weighted by Crippen LogP contribution is 2.23. The predicted octanol–water partition coefficient (Wildman–Crippen LogP) is 3.76. The molecular weight excluding hydrogens is 380 g/mol. The lowest BCUT2D eigenvalue weighted by atomic mass is 10.2. The van der Waals surface area contributed by atoms with E-state index in [4.69, 9.17) is 23.2 Å². The molecule has 0 saturated heterocycles. The molecule has 26 heavy (non-hydrogen) atoms. The van der Waals surface area contributed by atoms with Crippen LogP contribution in [0.1, 0.15) is 11.1 Å². The van der Waals surface area contributed by atoms with Gasteiger partial charge in [0, 0.05) is 41.7 Å². The minimum absolute atomic E-state index is 0.0899. The van der Waals surface area contributed by atoms with Crippen LogP contribution in [0.15, 0.2) is 42.9 Å². The summed E-state index contributed by atoms with van der Waals surface area (Å²) in [5.74, 6) is -0.654. The van der Waals surface area contributed by atoms with Gasteiger partial charge < -0.3 is 5.32 Å². The Bertz CT molecular complexity index is 959. The van der Waals surface area contributed by atoms with Gasteiger partial charge in [-0.25, -0.2) is 4.39 Å². The molecule has 0 aliphatic rings. The van der Waals surface area contributed by atoms with Gasteiger partial charge in [-0.15, -0.1) is 0 Å². The third-order valence-corrected chi connectivity index (χ3v) is 4.12. The standard InChI is InChI=1S/C17H14Cl2FN5O/c1-24-8-11(7-21-24)5-6-16(26)22-17-14(19)10-25(23-17)9-12-13(18)3-2-4-15(12)20/h2-8,10H,9H2,1H3,(H,22,23,26)/b6-5+. The number of aromatic nitrogens is 4. The first-order valence-electron chi connectivity index (χ1n) is 7.56. The minimum Gasteiger partial charge on any atom is -0.304 e. The van der Waals surface area contributed by atoms with Crippen molar-refractivity contribution in [1.29, 1.82) is 0 Å². The first-order chi connectivity index (χ1) is 12.4. The summed E-state index contributed by atoms with van der Waals surface area (Å²) < 4.78 is 16.9. The second kappa shape index (κ2) is 7.72. The minimum atomic E-state index is -0.436. The van der Waals surface area contributed by atoms with Crippen molar-refractivity contribution in [2.75, 3.05) is 5.32 Å². The number of nitrogens with zero attached hydrogens (tertiary/aromatic N) is 4. The van der Waals surface area contributed by atoms with E-state index in [0.29, 0.717) is 10.6 Å². The van der Waals surface area contributed by atoms with Crippen molar-refractivity contribution in [3.05, 3.63) is 69.9 Å². The molecule has 0 bridgehead atoms. The molecule has 0 aliphatic heterocycles. The van der Waals surface area contributed by atoms with E-state index >= 15 is 0 Å². The number of rotatable bonds is 5. The maximum atomic E-state index is 13.9. The molecule has 6 nitrogen and oxygen atoms in total. The van der Waals surface area contributed by atoms with E-state index in [1.54, 1.807) is 36.3 Å². The number of nitrogens with one attached hydrogen (secondary N) is 1. The number of hydrogen-bond acceptors (Lipinski definition) is 3. The van der Waals surface area contributed by atoms with Crippen LogP contribution >= 0.6 is 23.2 Å². The van der Waals surface area contributed by atoms with E-state index in [9.17, 15) is 9.18 Å². The molecule has 1 N–H and O–H groups in total. The van der Waals surface area contributed by atoms with Gasteiger partial charge in [0.15, 0.2) is 5.82 Å². The Morgan fingerprint density at radius 1 is 1.31 bits per heavy atom. The van der Waals surface area contributed by atoms with Crippen LogP contribution in [0, 0.1) is 5.82 Å². The third-order valence-electron chi connectivity index (χ3n) is 3.49. The second-order valence-corrected chi connectivity index (χ2v) is 6.31. The van der Waals surface area contributed by atoms with Gasteiger partial charge in [-0.2, -0.15) is 10.2 Å². The van der Waals surface area contributed by atoms with Crippen molar-refractivity contribution < 1.29 is 9.18 Å². The zero-order valence-corrected chi connectivity index (χ0v) is 15.2. The van der Waals surface area contributed by atoms with Crippen molar-refractivity contribution in [1.82, 2.24) is 19.6 Å². The molecule has 1 aromatic carbocycles. The summed E-state index contributed by atoms with van der Waals surface area (Å²) in [7, 11) is 1.78. The zero-order chi connectivity index (χ0) is 18.7. The van der Waals surface area contributed by atoms with Crippen molar-refractivity contribution in [2.45, 2.75) is 6.54 Å². The Morgan fingerprint density at radius 3 is 2.81 bits per heavy atom. The number of benzene rings is 1. The van der Waals surface area contributed by atoms with Gasteiger partial charge in [0.1, 0.15) is 10.8 Å². The average molecular weight is 394 g/mol. The van der Waals surface area contributed by atoms with E-state index in [1.165, 1.54) is 29.1 Å². The molecule has 0 radical (unpaired) electrons. The molecule has 3 rings (SSSR count). The maximum absolute atomic E-state index is 13.9. The van der Waals surface area contributed by atoms with Crippen LogP contribution in [0.25, 0.3) is 6.08 Å². The number of anilines is 1. The van der Waals surface area contributed by atoms with E-state index in [1.807, 2.05) is 0 Å². The molecule has 1 amide bonds. The van der Waals surface area contributed by atoms with Crippen LogP contribution in [-0.4, -0.2) is 25.5 Å². The molecule has 134 valence electrons. The molecule has 0 atom stereocenters. The fourth-order valence-corrected chi connectivity index (χ4v) is 2.69. The van der Waals surface area contributed by atoms with E-state index in [-0.39, 0.29) is 17.4 Å². The number of carbonyl (C=O) groups excluding carboxylic acids is 1. The van der Waals surface area contributed by atoms with E-state index in [2.05, 4.69) is 15.5 Å². The number of aryl methyl sites for hydroxylation is 1. The smallest absolute Gasteiger partial charge is 0.249 e. The number of halogens is 3. The van der Waals surface area contributed by atoms with Crippen molar-refractivity contribution in [2.24, 2.45) is 7.05 Å². The Balaban J connectivity index is 1.70. The summed E-state index contributed by atoms with van der Waals surface area (Å²) in [6, 6.07) is 4.44. The van der Waals surface area contributed by atoms with Crippen LogP contribution in [0.3, 0.4) is 0 Å². The summed E-state index contributed by atoms with van der Waals surface area (Å²) in [4.78, 5) is 12.0. The molecule has 0 aliphatic carbocycles. The predicted molar refractivity (Wildman–Crippen MR) is 98.6 cm³/mol. The quantitative estimate of drug-likeness (QED) is 0.671. The Kier molecular flexibility index (Phi) is 5.39. The van der Waals surface area contributed by atoms with E-state index < -0.39 is 11.7 Å². The third kappa shape index (κ3) is 4.30. The summed E-state index contributed by atoms with van der Waals surface area (Å²) in [6.45, 7) is 0.0899. The summed E-state index contributed by atoms with van der Waals surface area (Å²) in [6.07, 6.45) is 7.85. The first-order valence-corrected chi connectivity index (χ1v) is 8.31. The lowest BCUT2D eigenvalue weighted by Crippen LogP contribution is -2.10. The second-order valence-electron chi connectivity index (χ2n) is 5.49. The molecule has 2 aromatic heterocycles. The summed E-state index contributed by atoms with van der Waals surface area (Å²) in [5.41, 5.74) is 1.08. The van der Waals surface area contributed by atoms with Gasteiger partial charge in [0.25, 0.3) is 0 Å². The topological polar surface area (TPSA) is 64.7 Å². The average Bonchev–Trinajstić information content (AvgIpc) is 3.15. The van der Waals surface area contributed by atoms with Crippen LogP contribution in [0.5, 0.6) is 0 Å². The molecule has 0 spiro atoms. The normalized spacial score (nSPS) is 11.2. The number of amides is 1. The fourth-order valence-electron chi connectivity index (χ4n) is 2.26. The zero-order valence-electron chi connectivity index (χ0n) is 13.7. The molecule has 3 aromatic rings. The van der Waals surface area contributed by atoms with Gasteiger partial charge in [-0.05, 0) is 18.2 Å². The largest absolute Gasteiger partial charge is 0.304 e. The van der Waals surface area contributed by atoms with Crippen LogP contribution in [-0.2, 0) is 18.4 Å². The Hall–Kier alpha value is -2.64. The monoisotopic (exact) mass is 393 g/mol. The molecule has 0 fully saturated rings. The number of hydrogen-bond donors (Lipinski definition) is 1. The molecular formula is C17H14Cl2FN5O. The fraction of sp³-hybridized carbons (Fsp3) is 0.118. The van der Waals surface area contributed by atoms with Gasteiger partial charge in [-0.1, -0.05) is 29.3 Å². The SMILES string of the molecule is Cn1cc(/C=C/C(=O)Nc2nn(Cc3c(F)cccc3Cl)cc2Cl)cn1. The van der Waals surface area contributed by atoms with Crippen LogP contribution in [0.4, 0.5) is 10.2 Å². The van der Waals surface area contributed by atoms with Gasteiger partial charge in [0.05, 0.1) is 12.7 Å². The highest BCUT2D eigenvalue weighted by Gasteiger charge is 2.12. The molecule has 0 saturated carbocycles. The number of carbonyl (C=O) groups is 1.